The molecule has 0 bridgehead atoms. The van der Waals surface area contributed by atoms with Crippen LogP contribution in [0.5, 0.6) is 0 Å². The van der Waals surface area contributed by atoms with Gasteiger partial charge in [0.2, 0.25) is 0 Å². The molecule has 88 valence electrons. The van der Waals surface area contributed by atoms with Crippen molar-refractivity contribution in [3.8, 4) is 5.69 Å². The smallest absolute Gasteiger partial charge is 0.356 e. The number of hydrogen-bond donors (Lipinski definition) is 1. The van der Waals surface area contributed by atoms with E-state index < -0.39 is 5.97 Å². The van der Waals surface area contributed by atoms with E-state index in [2.05, 4.69) is 5.10 Å². The normalized spacial score (nSPS) is 10.5. The van der Waals surface area contributed by atoms with E-state index in [1.807, 2.05) is 6.92 Å². The lowest BCUT2D eigenvalue weighted by atomic mass is 10.2. The fourth-order valence-electron chi connectivity index (χ4n) is 1.62. The third-order valence-electron chi connectivity index (χ3n) is 2.52. The molecule has 0 amide bonds. The van der Waals surface area contributed by atoms with Crippen LogP contribution in [0.3, 0.4) is 0 Å². The molecule has 4 nitrogen and oxygen atoms in total. The average molecular weight is 234 g/mol. The fraction of sp³-hybridized carbons (Fsp3) is 0.167. The first kappa shape index (κ1) is 11.3. The summed E-state index contributed by atoms with van der Waals surface area (Å²) in [5.74, 6) is -1.47. The second kappa shape index (κ2) is 4.01. The van der Waals surface area contributed by atoms with Gasteiger partial charge in [0.25, 0.3) is 0 Å². The topological polar surface area (TPSA) is 55.1 Å². The Morgan fingerprint density at radius 3 is 2.65 bits per heavy atom. The van der Waals surface area contributed by atoms with Gasteiger partial charge in [0.05, 0.1) is 5.69 Å². The summed E-state index contributed by atoms with van der Waals surface area (Å²) in [7, 11) is 0. The summed E-state index contributed by atoms with van der Waals surface area (Å²) in [5, 5.41) is 12.8. The Kier molecular flexibility index (Phi) is 2.67. The molecule has 0 spiro atoms. The van der Waals surface area contributed by atoms with Crippen molar-refractivity contribution in [3.05, 3.63) is 47.0 Å². The molecule has 0 aliphatic rings. The molecule has 1 N–H and O–H groups in total. The van der Waals surface area contributed by atoms with Gasteiger partial charge in [0.1, 0.15) is 5.82 Å². The molecule has 2 rings (SSSR count). The molecule has 0 atom stereocenters. The lowest BCUT2D eigenvalue weighted by Gasteiger charge is -2.05. The summed E-state index contributed by atoms with van der Waals surface area (Å²) in [5.41, 5.74) is 1.89. The Morgan fingerprint density at radius 1 is 1.35 bits per heavy atom. The number of carboxylic acids is 1. The van der Waals surface area contributed by atoms with Crippen molar-refractivity contribution < 1.29 is 14.3 Å². The maximum atomic E-state index is 13.1. The van der Waals surface area contributed by atoms with Crippen LogP contribution >= 0.6 is 0 Å². The Morgan fingerprint density at radius 2 is 2.06 bits per heavy atom. The van der Waals surface area contributed by atoms with E-state index in [4.69, 9.17) is 5.11 Å². The van der Waals surface area contributed by atoms with Crippen LogP contribution in [0.2, 0.25) is 0 Å². The van der Waals surface area contributed by atoms with Crippen LogP contribution < -0.4 is 0 Å². The van der Waals surface area contributed by atoms with E-state index in [0.29, 0.717) is 11.3 Å². The van der Waals surface area contributed by atoms with Crippen LogP contribution in [0.4, 0.5) is 4.39 Å². The largest absolute Gasteiger partial charge is 0.476 e. The summed E-state index contributed by atoms with van der Waals surface area (Å²) < 4.78 is 14.5. The van der Waals surface area contributed by atoms with Crippen molar-refractivity contribution in [1.82, 2.24) is 9.78 Å². The number of aromatic carboxylic acids is 1. The molecule has 0 aliphatic carbocycles. The molecule has 0 aliphatic heterocycles. The molecule has 1 heterocycles. The zero-order chi connectivity index (χ0) is 12.6. The van der Waals surface area contributed by atoms with Gasteiger partial charge in [0.15, 0.2) is 5.69 Å². The minimum Gasteiger partial charge on any atom is -0.476 e. The molecule has 0 radical (unpaired) electrons. The third-order valence-corrected chi connectivity index (χ3v) is 2.52. The van der Waals surface area contributed by atoms with Crippen molar-refractivity contribution in [2.24, 2.45) is 0 Å². The second-order valence-corrected chi connectivity index (χ2v) is 3.84. The lowest BCUT2D eigenvalue weighted by Crippen LogP contribution is -2.03. The van der Waals surface area contributed by atoms with Gasteiger partial charge >= 0.3 is 5.97 Å². The number of carboxylic acid groups (broad SMARTS) is 1. The van der Waals surface area contributed by atoms with Gasteiger partial charge in [-0.2, -0.15) is 5.10 Å². The van der Waals surface area contributed by atoms with Crippen molar-refractivity contribution in [3.63, 3.8) is 0 Å². The molecule has 0 saturated carbocycles. The van der Waals surface area contributed by atoms with Crippen LogP contribution in [-0.2, 0) is 0 Å². The SMILES string of the molecule is Cc1ccc(F)cc1-n1cc(C)c(C(=O)O)n1. The predicted molar refractivity (Wildman–Crippen MR) is 60.0 cm³/mol. The highest BCUT2D eigenvalue weighted by molar-refractivity contribution is 5.86. The second-order valence-electron chi connectivity index (χ2n) is 3.84. The maximum Gasteiger partial charge on any atom is 0.356 e. The first-order valence-corrected chi connectivity index (χ1v) is 5.05. The van der Waals surface area contributed by atoms with Gasteiger partial charge in [0, 0.05) is 11.8 Å². The van der Waals surface area contributed by atoms with Gasteiger partial charge in [-0.1, -0.05) is 6.07 Å². The predicted octanol–water partition coefficient (Wildman–Crippen LogP) is 2.33. The molecule has 0 fully saturated rings. The number of aryl methyl sites for hydroxylation is 2. The van der Waals surface area contributed by atoms with Crippen LogP contribution in [0.1, 0.15) is 21.6 Å². The summed E-state index contributed by atoms with van der Waals surface area (Å²) in [6.45, 7) is 3.47. The molecule has 17 heavy (non-hydrogen) atoms. The molecule has 0 unspecified atom stereocenters. The third kappa shape index (κ3) is 2.04. The summed E-state index contributed by atoms with van der Waals surface area (Å²) in [6.07, 6.45) is 1.57. The van der Waals surface area contributed by atoms with Crippen molar-refractivity contribution in [1.29, 1.82) is 0 Å². The highest BCUT2D eigenvalue weighted by atomic mass is 19.1. The van der Waals surface area contributed by atoms with E-state index in [9.17, 15) is 9.18 Å². The maximum absolute atomic E-state index is 13.1. The summed E-state index contributed by atoms with van der Waals surface area (Å²) in [4.78, 5) is 10.9. The molecule has 2 aromatic rings. The van der Waals surface area contributed by atoms with E-state index in [-0.39, 0.29) is 11.5 Å². The standard InChI is InChI=1S/C12H11FN2O2/c1-7-3-4-9(13)5-10(7)15-6-8(2)11(14-15)12(16)17/h3-6H,1-2H3,(H,16,17). The first-order valence-electron chi connectivity index (χ1n) is 5.05. The number of nitrogens with zero attached hydrogens (tertiary/aromatic N) is 2. The van der Waals surface area contributed by atoms with Gasteiger partial charge < -0.3 is 5.11 Å². The zero-order valence-electron chi connectivity index (χ0n) is 9.44. The van der Waals surface area contributed by atoms with Gasteiger partial charge in [-0.25, -0.2) is 13.9 Å². The molecule has 1 aromatic heterocycles. The highest BCUT2D eigenvalue weighted by Gasteiger charge is 2.14. The van der Waals surface area contributed by atoms with E-state index in [0.717, 1.165) is 5.56 Å². The van der Waals surface area contributed by atoms with E-state index in [1.165, 1.54) is 16.8 Å². The number of hydrogen-bond acceptors (Lipinski definition) is 2. The molecule has 0 saturated heterocycles. The number of carbonyl (C=O) groups is 1. The number of rotatable bonds is 2. The Balaban J connectivity index is 2.57. The van der Waals surface area contributed by atoms with Gasteiger partial charge in [-0.3, -0.25) is 0 Å². The molecular formula is C12H11FN2O2. The van der Waals surface area contributed by atoms with Crippen molar-refractivity contribution in [2.45, 2.75) is 13.8 Å². The Hall–Kier alpha value is -2.17. The molecule has 1 aromatic carbocycles. The zero-order valence-corrected chi connectivity index (χ0v) is 9.44. The molecular weight excluding hydrogens is 223 g/mol. The van der Waals surface area contributed by atoms with Gasteiger partial charge in [-0.05, 0) is 31.5 Å². The van der Waals surface area contributed by atoms with Crippen LogP contribution in [-0.4, -0.2) is 20.9 Å². The Labute approximate surface area is 97.3 Å². The fourth-order valence-corrected chi connectivity index (χ4v) is 1.62. The van der Waals surface area contributed by atoms with Crippen LogP contribution in [0.25, 0.3) is 5.69 Å². The Bertz CT molecular complexity index is 590. The lowest BCUT2D eigenvalue weighted by molar-refractivity contribution is 0.0689. The number of aromatic nitrogens is 2. The van der Waals surface area contributed by atoms with Crippen LogP contribution in [0.15, 0.2) is 24.4 Å². The van der Waals surface area contributed by atoms with Gasteiger partial charge in [-0.15, -0.1) is 0 Å². The molecule has 5 heteroatoms. The minimum absolute atomic E-state index is 0.0198. The van der Waals surface area contributed by atoms with Crippen molar-refractivity contribution >= 4 is 5.97 Å². The number of halogens is 1. The van der Waals surface area contributed by atoms with E-state index >= 15 is 0 Å². The monoisotopic (exact) mass is 234 g/mol. The van der Waals surface area contributed by atoms with Crippen molar-refractivity contribution in [2.75, 3.05) is 0 Å². The summed E-state index contributed by atoms with van der Waals surface area (Å²) >= 11 is 0. The minimum atomic E-state index is -1.09. The summed E-state index contributed by atoms with van der Waals surface area (Å²) in [6, 6.07) is 4.31. The van der Waals surface area contributed by atoms with Crippen LogP contribution in [0, 0.1) is 19.7 Å². The average Bonchev–Trinajstić information content (AvgIpc) is 2.64. The highest BCUT2D eigenvalue weighted by Crippen LogP contribution is 2.17. The van der Waals surface area contributed by atoms with E-state index in [1.54, 1.807) is 19.2 Å². The quantitative estimate of drug-likeness (QED) is 0.867. The number of benzene rings is 1. The first-order chi connectivity index (χ1) is 7.99.